The van der Waals surface area contributed by atoms with E-state index in [0.717, 1.165) is 6.42 Å². The van der Waals surface area contributed by atoms with E-state index in [2.05, 4.69) is 20.8 Å². The second-order valence-electron chi connectivity index (χ2n) is 7.20. The zero-order valence-electron chi connectivity index (χ0n) is 16.8. The molecule has 8 heteroatoms. The van der Waals surface area contributed by atoms with Gasteiger partial charge < -0.3 is 14.3 Å². The SMILES string of the molecule is CCOC(=O)C=C(I)N(Oc1ccccc1Cl)C(CCC(C)(C)C)C(=O)OC. The minimum absolute atomic E-state index is 0.00136. The molecular formula is C20H27ClINO5. The van der Waals surface area contributed by atoms with E-state index in [1.165, 1.54) is 18.2 Å². The summed E-state index contributed by atoms with van der Waals surface area (Å²) in [5.74, 6) is -0.637. The van der Waals surface area contributed by atoms with Crippen LogP contribution in [0.4, 0.5) is 0 Å². The molecule has 0 aliphatic rings. The molecule has 0 spiro atoms. The Labute approximate surface area is 185 Å². The summed E-state index contributed by atoms with van der Waals surface area (Å²) in [4.78, 5) is 30.4. The number of hydrogen-bond donors (Lipinski definition) is 0. The number of hydroxylamine groups is 2. The van der Waals surface area contributed by atoms with Crippen LogP contribution in [-0.2, 0) is 19.1 Å². The van der Waals surface area contributed by atoms with Crippen LogP contribution in [0.2, 0.25) is 5.02 Å². The fourth-order valence-electron chi connectivity index (χ4n) is 2.26. The number of hydrogen-bond acceptors (Lipinski definition) is 6. The molecule has 0 radical (unpaired) electrons. The van der Waals surface area contributed by atoms with Gasteiger partial charge in [0.1, 0.15) is 3.70 Å². The van der Waals surface area contributed by atoms with Crippen molar-refractivity contribution in [2.75, 3.05) is 13.7 Å². The van der Waals surface area contributed by atoms with Crippen LogP contribution >= 0.6 is 34.2 Å². The summed E-state index contributed by atoms with van der Waals surface area (Å²) in [7, 11) is 1.32. The van der Waals surface area contributed by atoms with E-state index in [1.54, 1.807) is 31.2 Å². The average molecular weight is 524 g/mol. The van der Waals surface area contributed by atoms with Crippen LogP contribution in [0.3, 0.4) is 0 Å². The van der Waals surface area contributed by atoms with Crippen LogP contribution in [0.1, 0.15) is 40.5 Å². The highest BCUT2D eigenvalue weighted by Crippen LogP contribution is 2.31. The summed E-state index contributed by atoms with van der Waals surface area (Å²) in [5, 5.41) is 1.74. The molecule has 0 saturated heterocycles. The number of esters is 2. The first-order valence-electron chi connectivity index (χ1n) is 8.92. The fraction of sp³-hybridized carbons (Fsp3) is 0.500. The third-order valence-corrected chi connectivity index (χ3v) is 4.79. The van der Waals surface area contributed by atoms with Gasteiger partial charge >= 0.3 is 11.9 Å². The van der Waals surface area contributed by atoms with Gasteiger partial charge in [-0.3, -0.25) is 0 Å². The van der Waals surface area contributed by atoms with Crippen molar-refractivity contribution in [3.8, 4) is 5.75 Å². The van der Waals surface area contributed by atoms with E-state index in [-0.39, 0.29) is 12.0 Å². The van der Waals surface area contributed by atoms with Gasteiger partial charge in [0, 0.05) is 0 Å². The first-order chi connectivity index (χ1) is 13.1. The number of para-hydroxylation sites is 1. The van der Waals surface area contributed by atoms with E-state index in [9.17, 15) is 9.59 Å². The molecule has 6 nitrogen and oxygen atoms in total. The highest BCUT2D eigenvalue weighted by Gasteiger charge is 2.32. The predicted molar refractivity (Wildman–Crippen MR) is 117 cm³/mol. The molecule has 0 bridgehead atoms. The third kappa shape index (κ3) is 8.26. The van der Waals surface area contributed by atoms with Crippen molar-refractivity contribution in [1.82, 2.24) is 5.06 Å². The van der Waals surface area contributed by atoms with Crippen LogP contribution in [0, 0.1) is 5.41 Å². The summed E-state index contributed by atoms with van der Waals surface area (Å²) in [6, 6.07) is 6.14. The van der Waals surface area contributed by atoms with Crippen LogP contribution < -0.4 is 4.84 Å². The van der Waals surface area contributed by atoms with Gasteiger partial charge in [-0.1, -0.05) is 44.5 Å². The van der Waals surface area contributed by atoms with Crippen molar-refractivity contribution in [2.45, 2.75) is 46.6 Å². The molecule has 0 aliphatic heterocycles. The van der Waals surface area contributed by atoms with Gasteiger partial charge in [-0.15, -0.1) is 0 Å². The number of methoxy groups -OCH3 is 1. The minimum atomic E-state index is -0.766. The number of ether oxygens (including phenoxy) is 2. The summed E-state index contributed by atoms with van der Waals surface area (Å²) in [6.07, 6.45) is 2.47. The van der Waals surface area contributed by atoms with E-state index in [0.29, 0.717) is 20.9 Å². The number of benzene rings is 1. The Morgan fingerprint density at radius 1 is 1.29 bits per heavy atom. The maximum absolute atomic E-state index is 12.5. The number of halogens is 2. The molecule has 0 N–H and O–H groups in total. The molecule has 28 heavy (non-hydrogen) atoms. The van der Waals surface area contributed by atoms with Crippen molar-refractivity contribution >= 4 is 46.1 Å². The molecule has 0 heterocycles. The lowest BCUT2D eigenvalue weighted by atomic mass is 9.88. The molecule has 0 aliphatic carbocycles. The quantitative estimate of drug-likeness (QED) is 0.147. The van der Waals surface area contributed by atoms with E-state index in [1.807, 2.05) is 22.6 Å². The number of carbonyl (C=O) groups excluding carboxylic acids is 2. The first kappa shape index (κ1) is 24.6. The predicted octanol–water partition coefficient (Wildman–Crippen LogP) is 5.14. The number of nitrogens with zero attached hydrogens (tertiary/aromatic N) is 1. The van der Waals surface area contributed by atoms with E-state index >= 15 is 0 Å². The van der Waals surface area contributed by atoms with Crippen molar-refractivity contribution < 1.29 is 23.9 Å². The second-order valence-corrected chi connectivity index (χ2v) is 8.72. The molecule has 0 aromatic heterocycles. The molecule has 1 unspecified atom stereocenters. The molecule has 0 saturated carbocycles. The molecule has 1 atom stereocenters. The largest absolute Gasteiger partial charge is 0.467 e. The van der Waals surface area contributed by atoms with Crippen LogP contribution in [0.15, 0.2) is 34.0 Å². The van der Waals surface area contributed by atoms with Gasteiger partial charge in [-0.25, -0.2) is 9.59 Å². The van der Waals surface area contributed by atoms with Gasteiger partial charge in [-0.2, -0.15) is 5.06 Å². The van der Waals surface area contributed by atoms with Gasteiger partial charge in [-0.05, 0) is 59.9 Å². The Bertz CT molecular complexity index is 702. The summed E-state index contributed by atoms with van der Waals surface area (Å²) >= 11 is 8.15. The average Bonchev–Trinajstić information content (AvgIpc) is 2.61. The zero-order valence-corrected chi connectivity index (χ0v) is 19.7. The molecule has 0 fully saturated rings. The Morgan fingerprint density at radius 2 is 1.93 bits per heavy atom. The van der Waals surface area contributed by atoms with Gasteiger partial charge in [0.15, 0.2) is 11.8 Å². The maximum atomic E-state index is 12.5. The van der Waals surface area contributed by atoms with Gasteiger partial charge in [0.05, 0.1) is 24.8 Å². The highest BCUT2D eigenvalue weighted by atomic mass is 127. The molecule has 156 valence electrons. The van der Waals surface area contributed by atoms with Gasteiger partial charge in [0.2, 0.25) is 0 Å². The smallest absolute Gasteiger partial charge is 0.333 e. The van der Waals surface area contributed by atoms with Gasteiger partial charge in [0.25, 0.3) is 0 Å². The van der Waals surface area contributed by atoms with E-state index in [4.69, 9.17) is 25.9 Å². The number of rotatable bonds is 9. The second kappa shape index (κ2) is 11.5. The molecule has 0 amide bonds. The minimum Gasteiger partial charge on any atom is -0.467 e. The lowest BCUT2D eigenvalue weighted by Gasteiger charge is -2.32. The fourth-order valence-corrected chi connectivity index (χ4v) is 3.12. The van der Waals surface area contributed by atoms with Crippen LogP contribution in [-0.4, -0.2) is 36.8 Å². The van der Waals surface area contributed by atoms with Crippen LogP contribution in [0.25, 0.3) is 0 Å². The standard InChI is InChI=1S/C20H27ClINO5/c1-6-27-18(24)13-17(22)23(28-16-10-8-7-9-14(16)21)15(19(25)26-5)11-12-20(2,3)4/h7-10,13,15H,6,11-12H2,1-5H3. The Morgan fingerprint density at radius 3 is 2.46 bits per heavy atom. The van der Waals surface area contributed by atoms with Crippen molar-refractivity contribution in [3.05, 3.63) is 39.1 Å². The molecule has 1 rings (SSSR count). The summed E-state index contributed by atoms with van der Waals surface area (Å²) in [6.45, 7) is 8.21. The molecular weight excluding hydrogens is 497 g/mol. The zero-order chi connectivity index (χ0) is 21.3. The molecule has 1 aromatic rings. The lowest BCUT2D eigenvalue weighted by Crippen LogP contribution is -2.43. The normalized spacial score (nSPS) is 12.9. The Hall–Kier alpha value is -1.48. The monoisotopic (exact) mass is 523 g/mol. The Balaban J connectivity index is 3.28. The third-order valence-electron chi connectivity index (χ3n) is 3.69. The highest BCUT2D eigenvalue weighted by molar-refractivity contribution is 14.1. The topological polar surface area (TPSA) is 65.1 Å². The van der Waals surface area contributed by atoms with Crippen molar-refractivity contribution in [2.24, 2.45) is 5.41 Å². The molecule has 1 aromatic carbocycles. The van der Waals surface area contributed by atoms with E-state index < -0.39 is 18.0 Å². The number of carbonyl (C=O) groups is 2. The van der Waals surface area contributed by atoms with Crippen LogP contribution in [0.5, 0.6) is 5.75 Å². The maximum Gasteiger partial charge on any atom is 0.333 e. The van der Waals surface area contributed by atoms with Crippen molar-refractivity contribution in [1.29, 1.82) is 0 Å². The summed E-state index contributed by atoms with van der Waals surface area (Å²) < 4.78 is 10.3. The first-order valence-corrected chi connectivity index (χ1v) is 10.4. The Kier molecular flexibility index (Phi) is 10.1. The summed E-state index contributed by atoms with van der Waals surface area (Å²) in [5.41, 5.74) is -0.00136. The van der Waals surface area contributed by atoms with Crippen molar-refractivity contribution in [3.63, 3.8) is 0 Å². The lowest BCUT2D eigenvalue weighted by molar-refractivity contribution is -0.158.